The van der Waals surface area contributed by atoms with Crippen molar-refractivity contribution in [2.45, 2.75) is 25.3 Å². The molecule has 0 aromatic carbocycles. The van der Waals surface area contributed by atoms with Crippen LogP contribution in [0.5, 0.6) is 0 Å². The largest absolute Gasteiger partial charge is 0.394 e. The van der Waals surface area contributed by atoms with Gasteiger partial charge in [-0.05, 0) is 19.3 Å². The molecule has 1 unspecified atom stereocenters. The predicted octanol–water partition coefficient (Wildman–Crippen LogP) is 0.320. The van der Waals surface area contributed by atoms with Crippen molar-refractivity contribution < 1.29 is 0 Å². The van der Waals surface area contributed by atoms with Crippen LogP contribution in [0.3, 0.4) is 0 Å². The van der Waals surface area contributed by atoms with Gasteiger partial charge >= 0.3 is 0 Å². The number of nitrogens with zero attached hydrogens (tertiary/aromatic N) is 3. The van der Waals surface area contributed by atoms with Crippen molar-refractivity contribution in [1.82, 2.24) is 9.78 Å². The van der Waals surface area contributed by atoms with Gasteiger partial charge in [-0.25, -0.2) is 0 Å². The molecule has 0 radical (unpaired) electrons. The zero-order chi connectivity index (χ0) is 10.8. The molecule has 4 N–H and O–H groups in total. The van der Waals surface area contributed by atoms with Gasteiger partial charge in [0.2, 0.25) is 0 Å². The number of hydrogen-bond donors (Lipinski definition) is 2. The molecule has 1 fully saturated rings. The first-order valence-corrected chi connectivity index (χ1v) is 5.46. The van der Waals surface area contributed by atoms with Crippen LogP contribution in [0.1, 0.15) is 19.3 Å². The third-order valence-corrected chi connectivity index (χ3v) is 3.01. The Hall–Kier alpha value is -1.23. The van der Waals surface area contributed by atoms with Crippen LogP contribution in [0.4, 0.5) is 11.5 Å². The van der Waals surface area contributed by atoms with Crippen LogP contribution >= 0.6 is 0 Å². The van der Waals surface area contributed by atoms with E-state index in [0.717, 1.165) is 43.9 Å². The van der Waals surface area contributed by atoms with Crippen molar-refractivity contribution >= 4 is 11.5 Å². The van der Waals surface area contributed by atoms with Crippen molar-refractivity contribution in [2.24, 2.45) is 12.8 Å². The molecule has 1 aliphatic rings. The average Bonchev–Trinajstić information content (AvgIpc) is 2.41. The molecule has 15 heavy (non-hydrogen) atoms. The Morgan fingerprint density at radius 2 is 2.20 bits per heavy atom. The molecule has 0 saturated carbocycles. The normalized spacial score (nSPS) is 22.8. The van der Waals surface area contributed by atoms with Gasteiger partial charge in [-0.1, -0.05) is 0 Å². The van der Waals surface area contributed by atoms with Crippen molar-refractivity contribution in [3.63, 3.8) is 0 Å². The summed E-state index contributed by atoms with van der Waals surface area (Å²) in [4.78, 5) is 2.29. The van der Waals surface area contributed by atoms with Crippen LogP contribution in [0.15, 0.2) is 6.20 Å². The minimum atomic E-state index is 0.337. The number of nitrogen functional groups attached to an aromatic ring is 1. The maximum Gasteiger partial charge on any atom is 0.150 e. The third-order valence-electron chi connectivity index (χ3n) is 3.01. The maximum absolute atomic E-state index is 5.95. The highest BCUT2D eigenvalue weighted by molar-refractivity contribution is 5.62. The smallest absolute Gasteiger partial charge is 0.150 e. The van der Waals surface area contributed by atoms with Gasteiger partial charge in [0.05, 0.1) is 11.9 Å². The lowest BCUT2D eigenvalue weighted by molar-refractivity contribution is 0.601. The molecule has 0 amide bonds. The molecule has 2 heterocycles. The van der Waals surface area contributed by atoms with E-state index in [1.165, 1.54) is 0 Å². The molecule has 0 aliphatic carbocycles. The van der Waals surface area contributed by atoms with E-state index in [1.807, 2.05) is 11.7 Å². The highest BCUT2D eigenvalue weighted by atomic mass is 15.4. The van der Waals surface area contributed by atoms with E-state index in [1.54, 1.807) is 6.20 Å². The lowest BCUT2D eigenvalue weighted by Crippen LogP contribution is -2.28. The fourth-order valence-corrected chi connectivity index (χ4v) is 2.17. The van der Waals surface area contributed by atoms with Gasteiger partial charge in [-0.3, -0.25) is 4.68 Å². The molecule has 5 heteroatoms. The summed E-state index contributed by atoms with van der Waals surface area (Å²) < 4.78 is 1.84. The van der Waals surface area contributed by atoms with Gasteiger partial charge in [0.1, 0.15) is 5.82 Å². The van der Waals surface area contributed by atoms with E-state index >= 15 is 0 Å². The van der Waals surface area contributed by atoms with Crippen LogP contribution in [-0.2, 0) is 7.05 Å². The number of nitrogens with two attached hydrogens (primary N) is 2. The second-order valence-electron chi connectivity index (χ2n) is 4.23. The van der Waals surface area contributed by atoms with Gasteiger partial charge in [0.15, 0.2) is 0 Å². The molecule has 0 spiro atoms. The van der Waals surface area contributed by atoms with Crippen LogP contribution in [0.25, 0.3) is 0 Å². The molecule has 0 bridgehead atoms. The molecule has 84 valence electrons. The van der Waals surface area contributed by atoms with E-state index in [9.17, 15) is 0 Å². The highest BCUT2D eigenvalue weighted by Crippen LogP contribution is 2.24. The van der Waals surface area contributed by atoms with E-state index < -0.39 is 0 Å². The Balaban J connectivity index is 2.16. The summed E-state index contributed by atoms with van der Waals surface area (Å²) in [6.07, 6.45) is 4.98. The standard InChI is InChI=1S/C10H19N5/c1-14-10(9(12)7-13-14)15-5-2-3-8(11)4-6-15/h7-8H,2-6,11-12H2,1H3. The van der Waals surface area contributed by atoms with Crippen LogP contribution < -0.4 is 16.4 Å². The van der Waals surface area contributed by atoms with E-state index in [4.69, 9.17) is 11.5 Å². The van der Waals surface area contributed by atoms with Crippen molar-refractivity contribution in [2.75, 3.05) is 23.7 Å². The zero-order valence-electron chi connectivity index (χ0n) is 9.19. The van der Waals surface area contributed by atoms with Gasteiger partial charge < -0.3 is 16.4 Å². The summed E-state index contributed by atoms with van der Waals surface area (Å²) in [5.74, 6) is 1.03. The Morgan fingerprint density at radius 3 is 2.87 bits per heavy atom. The van der Waals surface area contributed by atoms with E-state index in [2.05, 4.69) is 10.00 Å². The molecule has 1 atom stereocenters. The summed E-state index contributed by atoms with van der Waals surface area (Å²) >= 11 is 0. The van der Waals surface area contributed by atoms with Crippen LogP contribution in [0.2, 0.25) is 0 Å². The zero-order valence-corrected chi connectivity index (χ0v) is 9.19. The topological polar surface area (TPSA) is 73.1 Å². The third kappa shape index (κ3) is 2.07. The summed E-state index contributed by atoms with van der Waals surface area (Å²) in [6, 6.07) is 0.337. The van der Waals surface area contributed by atoms with E-state index in [0.29, 0.717) is 6.04 Å². The first-order valence-electron chi connectivity index (χ1n) is 5.46. The number of rotatable bonds is 1. The highest BCUT2D eigenvalue weighted by Gasteiger charge is 2.18. The Bertz CT molecular complexity index is 313. The van der Waals surface area contributed by atoms with Crippen molar-refractivity contribution in [3.05, 3.63) is 6.20 Å². The van der Waals surface area contributed by atoms with E-state index in [-0.39, 0.29) is 0 Å². The molecular weight excluding hydrogens is 190 g/mol. The summed E-state index contributed by atoms with van der Waals surface area (Å²) in [5, 5.41) is 4.16. The van der Waals surface area contributed by atoms with Crippen molar-refractivity contribution in [3.8, 4) is 0 Å². The Labute approximate surface area is 90.0 Å². The van der Waals surface area contributed by atoms with Crippen molar-refractivity contribution in [1.29, 1.82) is 0 Å². The number of aromatic nitrogens is 2. The average molecular weight is 209 g/mol. The maximum atomic E-state index is 5.95. The molecule has 1 saturated heterocycles. The Morgan fingerprint density at radius 1 is 1.40 bits per heavy atom. The summed E-state index contributed by atoms with van der Waals surface area (Å²) in [6.45, 7) is 2.00. The summed E-state index contributed by atoms with van der Waals surface area (Å²) in [7, 11) is 1.93. The van der Waals surface area contributed by atoms with Crippen LogP contribution in [-0.4, -0.2) is 28.9 Å². The molecule has 1 aromatic heterocycles. The second kappa shape index (κ2) is 4.10. The van der Waals surface area contributed by atoms with Gasteiger partial charge in [-0.15, -0.1) is 0 Å². The lowest BCUT2D eigenvalue weighted by atomic mass is 10.1. The molecule has 5 nitrogen and oxygen atoms in total. The minimum absolute atomic E-state index is 0.337. The van der Waals surface area contributed by atoms with Crippen LogP contribution in [0, 0.1) is 0 Å². The van der Waals surface area contributed by atoms with Gasteiger partial charge in [0, 0.05) is 26.2 Å². The quantitative estimate of drug-likeness (QED) is 0.698. The fraction of sp³-hybridized carbons (Fsp3) is 0.700. The number of anilines is 2. The predicted molar refractivity (Wildman–Crippen MR) is 61.7 cm³/mol. The minimum Gasteiger partial charge on any atom is -0.394 e. The molecular formula is C10H19N5. The number of hydrogen-bond acceptors (Lipinski definition) is 4. The molecule has 1 aromatic rings. The van der Waals surface area contributed by atoms with Gasteiger partial charge in [-0.2, -0.15) is 5.10 Å². The SMILES string of the molecule is Cn1ncc(N)c1N1CCCC(N)CC1. The molecule has 2 rings (SSSR count). The Kier molecular flexibility index (Phi) is 2.81. The first kappa shape index (κ1) is 10.3. The first-order chi connectivity index (χ1) is 7.18. The molecule has 1 aliphatic heterocycles. The monoisotopic (exact) mass is 209 g/mol. The van der Waals surface area contributed by atoms with Gasteiger partial charge in [0.25, 0.3) is 0 Å². The number of aryl methyl sites for hydroxylation is 1. The lowest BCUT2D eigenvalue weighted by Gasteiger charge is -2.23. The fourth-order valence-electron chi connectivity index (χ4n) is 2.17. The summed E-state index contributed by atoms with van der Waals surface area (Å²) in [5.41, 5.74) is 12.6. The second-order valence-corrected chi connectivity index (χ2v) is 4.23.